The summed E-state index contributed by atoms with van der Waals surface area (Å²) in [7, 11) is 0. The quantitative estimate of drug-likeness (QED) is 0.197. The van der Waals surface area contributed by atoms with Crippen LogP contribution >= 0.6 is 0 Å². The fraction of sp³-hybridized carbons (Fsp3) is 0.176. The van der Waals surface area contributed by atoms with Gasteiger partial charge >= 0.3 is 5.97 Å². The predicted molar refractivity (Wildman–Crippen MR) is 157 cm³/mol. The van der Waals surface area contributed by atoms with Gasteiger partial charge in [0.05, 0.1) is 17.9 Å². The van der Waals surface area contributed by atoms with Crippen LogP contribution in [0.4, 0.5) is 11.4 Å². The molecule has 0 bridgehead atoms. The second-order valence-electron chi connectivity index (χ2n) is 9.80. The lowest BCUT2D eigenvalue weighted by Gasteiger charge is -2.27. The highest BCUT2D eigenvalue weighted by Crippen LogP contribution is 2.31. The van der Waals surface area contributed by atoms with Gasteiger partial charge in [-0.1, -0.05) is 42.5 Å². The van der Waals surface area contributed by atoms with E-state index in [-0.39, 0.29) is 0 Å². The van der Waals surface area contributed by atoms with E-state index in [0.29, 0.717) is 31.0 Å². The largest absolute Gasteiger partial charge is 0.493 e. The fourth-order valence-corrected chi connectivity index (χ4v) is 4.61. The van der Waals surface area contributed by atoms with Crippen molar-refractivity contribution in [3.8, 4) is 17.2 Å². The van der Waals surface area contributed by atoms with E-state index in [9.17, 15) is 9.90 Å². The van der Waals surface area contributed by atoms with Gasteiger partial charge in [-0.05, 0) is 92.1 Å². The summed E-state index contributed by atoms with van der Waals surface area (Å²) in [5.41, 5.74) is 7.19. The van der Waals surface area contributed by atoms with Gasteiger partial charge in [0.2, 0.25) is 5.89 Å². The van der Waals surface area contributed by atoms with Gasteiger partial charge in [0.1, 0.15) is 11.5 Å². The third-order valence-electron chi connectivity index (χ3n) is 7.05. The summed E-state index contributed by atoms with van der Waals surface area (Å²) in [6, 6.07) is 31.2. The molecule has 0 unspecified atom stereocenters. The van der Waals surface area contributed by atoms with Crippen LogP contribution in [0.15, 0.2) is 101 Å². The van der Waals surface area contributed by atoms with Crippen molar-refractivity contribution >= 4 is 17.3 Å². The molecule has 1 N–H and O–H groups in total. The zero-order valence-electron chi connectivity index (χ0n) is 22.9. The lowest BCUT2D eigenvalue weighted by molar-refractivity contribution is 0.0695. The molecule has 0 amide bonds. The van der Waals surface area contributed by atoms with Crippen LogP contribution in [0.3, 0.4) is 0 Å². The van der Waals surface area contributed by atoms with E-state index in [0.717, 1.165) is 39.7 Å². The van der Waals surface area contributed by atoms with E-state index < -0.39 is 5.97 Å². The Balaban J connectivity index is 1.32. The highest BCUT2D eigenvalue weighted by atomic mass is 16.5. The third kappa shape index (κ3) is 6.07. The van der Waals surface area contributed by atoms with Crippen LogP contribution in [-0.4, -0.2) is 22.7 Å². The van der Waals surface area contributed by atoms with Crippen molar-refractivity contribution in [2.75, 3.05) is 11.5 Å². The van der Waals surface area contributed by atoms with E-state index in [1.165, 1.54) is 11.1 Å². The molecule has 0 atom stereocenters. The standard InChI is InChI=1S/C34H32N2O4/c1-23-13-14-29(21-24(23)2)36(22-27-11-7-8-12-31(27)34(37)38)28-15-17-30(18-16-28)39-20-19-32-25(3)40-33(35-32)26-9-5-4-6-10-26/h4-18,21H,19-20,22H2,1-3H3,(H,37,38). The second kappa shape index (κ2) is 11.9. The summed E-state index contributed by atoms with van der Waals surface area (Å²) in [6.45, 7) is 6.97. The monoisotopic (exact) mass is 532 g/mol. The molecule has 5 rings (SSSR count). The summed E-state index contributed by atoms with van der Waals surface area (Å²) in [6.07, 6.45) is 0.630. The Bertz CT molecular complexity index is 1610. The number of rotatable bonds is 10. The van der Waals surface area contributed by atoms with Crippen LogP contribution in [0.25, 0.3) is 11.5 Å². The van der Waals surface area contributed by atoms with E-state index in [4.69, 9.17) is 9.15 Å². The number of aromatic nitrogens is 1. The minimum atomic E-state index is -0.933. The highest BCUT2D eigenvalue weighted by molar-refractivity contribution is 5.89. The zero-order chi connectivity index (χ0) is 28.1. The van der Waals surface area contributed by atoms with Crippen molar-refractivity contribution in [1.29, 1.82) is 0 Å². The molecule has 1 aromatic heterocycles. The first kappa shape index (κ1) is 26.8. The summed E-state index contributed by atoms with van der Waals surface area (Å²) < 4.78 is 11.9. The van der Waals surface area contributed by atoms with E-state index in [1.807, 2.05) is 73.7 Å². The molecule has 0 spiro atoms. The molecule has 0 aliphatic rings. The third-order valence-corrected chi connectivity index (χ3v) is 7.05. The second-order valence-corrected chi connectivity index (χ2v) is 9.80. The number of carbonyl (C=O) groups is 1. The molecule has 0 fully saturated rings. The van der Waals surface area contributed by atoms with Gasteiger partial charge in [-0.2, -0.15) is 0 Å². The highest BCUT2D eigenvalue weighted by Gasteiger charge is 2.17. The Labute approximate surface area is 234 Å². The SMILES string of the molecule is Cc1ccc(N(Cc2ccccc2C(=O)O)c2ccc(OCCc3nc(-c4ccccc4)oc3C)cc2)cc1C. The number of hydrogen-bond acceptors (Lipinski definition) is 5. The Morgan fingerprint density at radius 1 is 0.850 bits per heavy atom. The molecule has 0 saturated carbocycles. The number of aromatic carboxylic acids is 1. The van der Waals surface area contributed by atoms with Gasteiger partial charge in [-0.25, -0.2) is 9.78 Å². The molecule has 1 heterocycles. The number of oxazole rings is 1. The van der Waals surface area contributed by atoms with Crippen LogP contribution < -0.4 is 9.64 Å². The molecule has 5 aromatic rings. The molecule has 0 aliphatic heterocycles. The Morgan fingerprint density at radius 3 is 2.27 bits per heavy atom. The van der Waals surface area contributed by atoms with E-state index >= 15 is 0 Å². The molecular weight excluding hydrogens is 500 g/mol. The summed E-state index contributed by atoms with van der Waals surface area (Å²) >= 11 is 0. The topological polar surface area (TPSA) is 75.8 Å². The van der Waals surface area contributed by atoms with Gasteiger partial charge < -0.3 is 19.2 Å². The van der Waals surface area contributed by atoms with Crippen LogP contribution in [0, 0.1) is 20.8 Å². The maximum Gasteiger partial charge on any atom is 0.336 e. The number of hydrogen-bond donors (Lipinski definition) is 1. The van der Waals surface area contributed by atoms with Gasteiger partial charge in [0, 0.05) is 29.9 Å². The van der Waals surface area contributed by atoms with E-state index in [1.54, 1.807) is 12.1 Å². The zero-order valence-corrected chi connectivity index (χ0v) is 22.9. The molecule has 0 radical (unpaired) electrons. The first-order valence-corrected chi connectivity index (χ1v) is 13.3. The van der Waals surface area contributed by atoms with Gasteiger partial charge in [-0.3, -0.25) is 0 Å². The number of benzene rings is 4. The van der Waals surface area contributed by atoms with Gasteiger partial charge in [0.15, 0.2) is 0 Å². The molecule has 202 valence electrons. The lowest BCUT2D eigenvalue weighted by Crippen LogP contribution is -2.18. The van der Waals surface area contributed by atoms with Crippen LogP contribution in [-0.2, 0) is 13.0 Å². The Morgan fingerprint density at radius 2 is 1.55 bits per heavy atom. The number of carboxylic acids is 1. The molecule has 6 heteroatoms. The molecule has 40 heavy (non-hydrogen) atoms. The van der Waals surface area contributed by atoms with Crippen molar-refractivity contribution < 1.29 is 19.1 Å². The van der Waals surface area contributed by atoms with Crippen LogP contribution in [0.1, 0.15) is 38.5 Å². The average molecular weight is 533 g/mol. The van der Waals surface area contributed by atoms with Gasteiger partial charge in [0.25, 0.3) is 0 Å². The van der Waals surface area contributed by atoms with Crippen molar-refractivity contribution in [2.24, 2.45) is 0 Å². The maximum absolute atomic E-state index is 11.9. The summed E-state index contributed by atoms with van der Waals surface area (Å²) in [4.78, 5) is 18.7. The van der Waals surface area contributed by atoms with Crippen LogP contribution in [0.2, 0.25) is 0 Å². The summed E-state index contributed by atoms with van der Waals surface area (Å²) in [5.74, 6) is 1.23. The summed E-state index contributed by atoms with van der Waals surface area (Å²) in [5, 5.41) is 9.73. The Hall–Kier alpha value is -4.84. The molecule has 6 nitrogen and oxygen atoms in total. The van der Waals surface area contributed by atoms with Gasteiger partial charge in [-0.15, -0.1) is 0 Å². The minimum Gasteiger partial charge on any atom is -0.493 e. The van der Waals surface area contributed by atoms with E-state index in [2.05, 4.69) is 41.9 Å². The normalized spacial score (nSPS) is 10.9. The first-order chi connectivity index (χ1) is 19.4. The first-order valence-electron chi connectivity index (χ1n) is 13.3. The predicted octanol–water partition coefficient (Wildman–Crippen LogP) is 7.92. The lowest BCUT2D eigenvalue weighted by atomic mass is 10.0. The Kier molecular flexibility index (Phi) is 7.97. The average Bonchev–Trinajstić information content (AvgIpc) is 3.34. The fourth-order valence-electron chi connectivity index (χ4n) is 4.61. The van der Waals surface area contributed by atoms with Crippen molar-refractivity contribution in [3.05, 3.63) is 131 Å². The number of carboxylic acid groups (broad SMARTS) is 1. The minimum absolute atomic E-state index is 0.301. The molecule has 0 aliphatic carbocycles. The number of anilines is 2. The van der Waals surface area contributed by atoms with Crippen molar-refractivity contribution in [3.63, 3.8) is 0 Å². The molecule has 4 aromatic carbocycles. The molecular formula is C34H32N2O4. The van der Waals surface area contributed by atoms with Crippen LogP contribution in [0.5, 0.6) is 5.75 Å². The van der Waals surface area contributed by atoms with Crippen molar-refractivity contribution in [2.45, 2.75) is 33.7 Å². The smallest absolute Gasteiger partial charge is 0.336 e. The molecule has 0 saturated heterocycles. The number of aryl methyl sites for hydroxylation is 3. The number of ether oxygens (including phenoxy) is 1. The number of nitrogens with zero attached hydrogens (tertiary/aromatic N) is 2. The van der Waals surface area contributed by atoms with Crippen molar-refractivity contribution in [1.82, 2.24) is 4.98 Å². The maximum atomic E-state index is 11.9.